The number of nitrogens with zero attached hydrogens (tertiary/aromatic N) is 1. The average Bonchev–Trinajstić information content (AvgIpc) is 2.52. The minimum absolute atomic E-state index is 0.520. The van der Waals surface area contributed by atoms with Crippen molar-refractivity contribution in [1.29, 1.82) is 0 Å². The molecule has 0 aliphatic rings. The third kappa shape index (κ3) is 4.27. The van der Waals surface area contributed by atoms with E-state index < -0.39 is 0 Å². The number of ether oxygens (including phenoxy) is 3. The van der Waals surface area contributed by atoms with Crippen LogP contribution in [-0.2, 0) is 0 Å². The lowest BCUT2D eigenvalue weighted by atomic mass is 10.3. The van der Waals surface area contributed by atoms with Crippen LogP contribution in [0.15, 0.2) is 36.4 Å². The first-order chi connectivity index (χ1) is 10.2. The second-order valence-electron chi connectivity index (χ2n) is 4.44. The van der Waals surface area contributed by atoms with Gasteiger partial charge in [0.25, 0.3) is 0 Å². The lowest BCUT2D eigenvalue weighted by Gasteiger charge is -2.10. The van der Waals surface area contributed by atoms with Gasteiger partial charge in [0.05, 0.1) is 14.2 Å². The maximum Gasteiger partial charge on any atom is 0.221 e. The number of aromatic nitrogens is 1. The van der Waals surface area contributed by atoms with Gasteiger partial charge in [-0.05, 0) is 12.5 Å². The van der Waals surface area contributed by atoms with E-state index in [1.165, 1.54) is 0 Å². The van der Waals surface area contributed by atoms with Gasteiger partial charge in [-0.25, -0.2) is 0 Å². The van der Waals surface area contributed by atoms with Crippen LogP contribution in [0, 0.1) is 0 Å². The average molecular weight is 288 g/mol. The largest absolute Gasteiger partial charge is 0.496 e. The van der Waals surface area contributed by atoms with E-state index in [0.29, 0.717) is 23.1 Å². The van der Waals surface area contributed by atoms with E-state index in [4.69, 9.17) is 14.2 Å². The Balaban J connectivity index is 2.17. The summed E-state index contributed by atoms with van der Waals surface area (Å²) in [6.45, 7) is 2.99. The number of rotatable bonds is 7. The van der Waals surface area contributed by atoms with Crippen molar-refractivity contribution in [2.24, 2.45) is 0 Å². The molecule has 0 amide bonds. The van der Waals surface area contributed by atoms with Gasteiger partial charge < -0.3 is 19.5 Å². The maximum absolute atomic E-state index is 5.77. The van der Waals surface area contributed by atoms with Crippen LogP contribution in [0.4, 0.5) is 5.82 Å². The number of hydrogen-bond acceptors (Lipinski definition) is 5. The lowest BCUT2D eigenvalue weighted by Crippen LogP contribution is -2.02. The summed E-state index contributed by atoms with van der Waals surface area (Å²) in [4.78, 5) is 4.40. The summed E-state index contributed by atoms with van der Waals surface area (Å²) in [5.41, 5.74) is 0. The minimum atomic E-state index is 0.520. The standard InChI is InChI=1S/C16H20N2O3/c1-4-8-17-15-6-5-7-16(18-15)21-14-10-12(19-2)9-13(11-14)20-3/h5-7,9-11H,4,8H2,1-3H3,(H,17,18). The third-order valence-corrected chi connectivity index (χ3v) is 2.83. The van der Waals surface area contributed by atoms with Crippen molar-refractivity contribution in [3.63, 3.8) is 0 Å². The summed E-state index contributed by atoms with van der Waals surface area (Å²) in [6, 6.07) is 11.0. The molecule has 0 aliphatic carbocycles. The molecule has 1 aromatic heterocycles. The summed E-state index contributed by atoms with van der Waals surface area (Å²) >= 11 is 0. The molecule has 0 aliphatic heterocycles. The van der Waals surface area contributed by atoms with Gasteiger partial charge in [-0.3, -0.25) is 0 Å². The number of pyridine rings is 1. The Bertz CT molecular complexity index is 565. The smallest absolute Gasteiger partial charge is 0.221 e. The highest BCUT2D eigenvalue weighted by atomic mass is 16.5. The highest BCUT2D eigenvalue weighted by Gasteiger charge is 2.05. The van der Waals surface area contributed by atoms with Gasteiger partial charge in [0.2, 0.25) is 5.88 Å². The zero-order valence-electron chi connectivity index (χ0n) is 12.6. The van der Waals surface area contributed by atoms with E-state index >= 15 is 0 Å². The predicted molar refractivity (Wildman–Crippen MR) is 82.6 cm³/mol. The fourth-order valence-electron chi connectivity index (χ4n) is 1.78. The molecule has 21 heavy (non-hydrogen) atoms. The SMILES string of the molecule is CCCNc1cccc(Oc2cc(OC)cc(OC)c2)n1. The van der Waals surface area contributed by atoms with E-state index in [1.54, 1.807) is 32.4 Å². The quantitative estimate of drug-likeness (QED) is 0.841. The molecule has 112 valence electrons. The molecule has 0 radical (unpaired) electrons. The maximum atomic E-state index is 5.77. The second kappa shape index (κ2) is 7.38. The highest BCUT2D eigenvalue weighted by molar-refractivity contribution is 5.44. The molecule has 1 heterocycles. The number of anilines is 1. The molecule has 1 N–H and O–H groups in total. The highest BCUT2D eigenvalue weighted by Crippen LogP contribution is 2.30. The molecule has 5 nitrogen and oxygen atoms in total. The van der Waals surface area contributed by atoms with Crippen LogP contribution in [0.1, 0.15) is 13.3 Å². The number of nitrogens with one attached hydrogen (secondary N) is 1. The van der Waals surface area contributed by atoms with E-state index in [0.717, 1.165) is 18.8 Å². The normalized spacial score (nSPS) is 10.0. The molecular formula is C16H20N2O3. The first kappa shape index (κ1) is 15.0. The van der Waals surface area contributed by atoms with Crippen LogP contribution < -0.4 is 19.5 Å². The third-order valence-electron chi connectivity index (χ3n) is 2.83. The summed E-state index contributed by atoms with van der Waals surface area (Å²) in [5.74, 6) is 3.27. The van der Waals surface area contributed by atoms with E-state index in [-0.39, 0.29) is 0 Å². The summed E-state index contributed by atoms with van der Waals surface area (Å²) in [7, 11) is 3.21. The summed E-state index contributed by atoms with van der Waals surface area (Å²) in [5, 5.41) is 3.23. The molecule has 5 heteroatoms. The summed E-state index contributed by atoms with van der Waals surface area (Å²) < 4.78 is 16.2. The molecule has 2 aromatic rings. The molecule has 0 spiro atoms. The van der Waals surface area contributed by atoms with Gasteiger partial charge in [0.15, 0.2) is 0 Å². The van der Waals surface area contributed by atoms with Crippen molar-refractivity contribution in [3.05, 3.63) is 36.4 Å². The first-order valence-electron chi connectivity index (χ1n) is 6.87. The van der Waals surface area contributed by atoms with Crippen molar-refractivity contribution >= 4 is 5.82 Å². The monoisotopic (exact) mass is 288 g/mol. The second-order valence-corrected chi connectivity index (χ2v) is 4.44. The minimum Gasteiger partial charge on any atom is -0.496 e. The van der Waals surface area contributed by atoms with Crippen LogP contribution >= 0.6 is 0 Å². The molecule has 2 rings (SSSR count). The van der Waals surface area contributed by atoms with Crippen molar-refractivity contribution in [2.75, 3.05) is 26.1 Å². The molecule has 0 unspecified atom stereocenters. The Hall–Kier alpha value is -2.43. The molecular weight excluding hydrogens is 268 g/mol. The number of benzene rings is 1. The number of methoxy groups -OCH3 is 2. The van der Waals surface area contributed by atoms with Crippen LogP contribution in [0.2, 0.25) is 0 Å². The van der Waals surface area contributed by atoms with Gasteiger partial charge >= 0.3 is 0 Å². The van der Waals surface area contributed by atoms with Crippen molar-refractivity contribution in [1.82, 2.24) is 4.98 Å². The Labute approximate surface area is 124 Å². The van der Waals surface area contributed by atoms with Crippen LogP contribution in [0.25, 0.3) is 0 Å². The molecule has 0 atom stereocenters. The zero-order valence-corrected chi connectivity index (χ0v) is 12.6. The first-order valence-corrected chi connectivity index (χ1v) is 6.87. The van der Waals surface area contributed by atoms with Gasteiger partial charge in [-0.1, -0.05) is 13.0 Å². The molecule has 0 saturated heterocycles. The van der Waals surface area contributed by atoms with Crippen molar-refractivity contribution < 1.29 is 14.2 Å². The lowest BCUT2D eigenvalue weighted by molar-refractivity contribution is 0.385. The number of hydrogen-bond donors (Lipinski definition) is 1. The summed E-state index contributed by atoms with van der Waals surface area (Å²) in [6.07, 6.45) is 1.04. The van der Waals surface area contributed by atoms with Crippen LogP contribution in [-0.4, -0.2) is 25.7 Å². The van der Waals surface area contributed by atoms with Gasteiger partial charge in [-0.15, -0.1) is 0 Å². The van der Waals surface area contributed by atoms with Crippen molar-refractivity contribution in [2.45, 2.75) is 13.3 Å². The Kier molecular flexibility index (Phi) is 5.26. The topological polar surface area (TPSA) is 52.6 Å². The van der Waals surface area contributed by atoms with Crippen LogP contribution in [0.5, 0.6) is 23.1 Å². The Morgan fingerprint density at radius 3 is 2.29 bits per heavy atom. The fraction of sp³-hybridized carbons (Fsp3) is 0.312. The Morgan fingerprint density at radius 1 is 1.00 bits per heavy atom. The molecule has 0 bridgehead atoms. The van der Waals surface area contributed by atoms with Crippen LogP contribution in [0.3, 0.4) is 0 Å². The van der Waals surface area contributed by atoms with Gasteiger partial charge in [0, 0.05) is 30.8 Å². The predicted octanol–water partition coefficient (Wildman–Crippen LogP) is 3.71. The van der Waals surface area contributed by atoms with E-state index in [1.807, 2.05) is 18.2 Å². The van der Waals surface area contributed by atoms with Gasteiger partial charge in [0.1, 0.15) is 23.1 Å². The molecule has 0 fully saturated rings. The molecule has 0 saturated carbocycles. The van der Waals surface area contributed by atoms with Crippen molar-refractivity contribution in [3.8, 4) is 23.1 Å². The molecule has 1 aromatic carbocycles. The van der Waals surface area contributed by atoms with E-state index in [9.17, 15) is 0 Å². The van der Waals surface area contributed by atoms with E-state index in [2.05, 4.69) is 17.2 Å². The Morgan fingerprint density at radius 2 is 1.67 bits per heavy atom. The zero-order chi connectivity index (χ0) is 15.1. The fourth-order valence-corrected chi connectivity index (χ4v) is 1.78. The van der Waals surface area contributed by atoms with Gasteiger partial charge in [-0.2, -0.15) is 4.98 Å².